The first-order chi connectivity index (χ1) is 8.56. The van der Waals surface area contributed by atoms with Crippen molar-refractivity contribution in [1.82, 2.24) is 0 Å². The highest BCUT2D eigenvalue weighted by Crippen LogP contribution is 2.02. The Morgan fingerprint density at radius 2 is 1.61 bits per heavy atom. The van der Waals surface area contributed by atoms with E-state index in [4.69, 9.17) is 14.2 Å². The molecule has 0 N–H and O–H groups in total. The van der Waals surface area contributed by atoms with Crippen LogP contribution in [0, 0.1) is 6.92 Å². The normalized spacial score (nSPS) is 15.0. The molecule has 0 amide bonds. The molecule has 0 saturated carbocycles. The van der Waals surface area contributed by atoms with E-state index in [0.29, 0.717) is 13.2 Å². The summed E-state index contributed by atoms with van der Waals surface area (Å²) in [4.78, 5) is 0. The van der Waals surface area contributed by atoms with Gasteiger partial charge in [-0.3, -0.25) is 0 Å². The minimum atomic E-state index is 0.0100. The van der Waals surface area contributed by atoms with E-state index >= 15 is 0 Å². The van der Waals surface area contributed by atoms with Gasteiger partial charge in [0.1, 0.15) is 0 Å². The molecule has 0 aliphatic heterocycles. The third kappa shape index (κ3) is 12.3. The Morgan fingerprint density at radius 1 is 0.944 bits per heavy atom. The quantitative estimate of drug-likeness (QED) is 0.501. The van der Waals surface area contributed by atoms with Gasteiger partial charge in [-0.25, -0.2) is 0 Å². The van der Waals surface area contributed by atoms with Crippen LogP contribution in [0.5, 0.6) is 0 Å². The molecule has 109 valence electrons. The minimum absolute atomic E-state index is 0.0100. The summed E-state index contributed by atoms with van der Waals surface area (Å²) in [7, 11) is 0. The predicted octanol–water partition coefficient (Wildman–Crippen LogP) is 3.62. The molecule has 1 radical (unpaired) electrons. The molecule has 0 bridgehead atoms. The van der Waals surface area contributed by atoms with Crippen molar-refractivity contribution in [3.05, 3.63) is 6.92 Å². The summed E-state index contributed by atoms with van der Waals surface area (Å²) < 4.78 is 16.7. The van der Waals surface area contributed by atoms with Gasteiger partial charge in [0.15, 0.2) is 0 Å². The Bertz CT molecular complexity index is 171. The van der Waals surface area contributed by atoms with Crippen molar-refractivity contribution in [2.24, 2.45) is 0 Å². The Hall–Kier alpha value is -0.120. The van der Waals surface area contributed by atoms with Gasteiger partial charge < -0.3 is 14.2 Å². The Kier molecular flexibility index (Phi) is 11.9. The number of ether oxygens (including phenoxy) is 3. The molecule has 3 nitrogen and oxygen atoms in total. The molecule has 0 fully saturated rings. The summed E-state index contributed by atoms with van der Waals surface area (Å²) in [5, 5.41) is 0. The first kappa shape index (κ1) is 17.9. The molecule has 3 heteroatoms. The highest BCUT2D eigenvalue weighted by atomic mass is 16.6. The maximum atomic E-state index is 5.67. The fourth-order valence-electron chi connectivity index (χ4n) is 1.70. The van der Waals surface area contributed by atoms with Gasteiger partial charge in [0.05, 0.1) is 31.5 Å². The molecule has 18 heavy (non-hydrogen) atoms. The van der Waals surface area contributed by atoms with Gasteiger partial charge in [-0.1, -0.05) is 26.2 Å². The summed E-state index contributed by atoms with van der Waals surface area (Å²) in [6.07, 6.45) is 5.24. The van der Waals surface area contributed by atoms with Crippen LogP contribution in [-0.4, -0.2) is 38.1 Å². The van der Waals surface area contributed by atoms with Crippen LogP contribution >= 0.6 is 0 Å². The Morgan fingerprint density at radius 3 is 2.22 bits per heavy atom. The van der Waals surface area contributed by atoms with Gasteiger partial charge in [0.2, 0.25) is 0 Å². The van der Waals surface area contributed by atoms with Crippen LogP contribution in [0.1, 0.15) is 53.4 Å². The van der Waals surface area contributed by atoms with Gasteiger partial charge in [-0.15, -0.1) is 0 Å². The lowest BCUT2D eigenvalue weighted by molar-refractivity contribution is -0.0569. The van der Waals surface area contributed by atoms with E-state index < -0.39 is 0 Å². The monoisotopic (exact) mass is 259 g/mol. The third-order valence-corrected chi connectivity index (χ3v) is 2.57. The van der Waals surface area contributed by atoms with Crippen LogP contribution in [0.4, 0.5) is 0 Å². The lowest BCUT2D eigenvalue weighted by Crippen LogP contribution is -2.24. The molecule has 0 aromatic carbocycles. The average molecular weight is 259 g/mol. The van der Waals surface area contributed by atoms with Gasteiger partial charge in [0.25, 0.3) is 0 Å². The second-order valence-corrected chi connectivity index (χ2v) is 5.04. The molecule has 3 atom stereocenters. The van der Waals surface area contributed by atoms with Crippen molar-refractivity contribution >= 4 is 0 Å². The maximum absolute atomic E-state index is 5.67. The fourth-order valence-corrected chi connectivity index (χ4v) is 1.70. The van der Waals surface area contributed by atoms with Crippen molar-refractivity contribution in [1.29, 1.82) is 0 Å². The lowest BCUT2D eigenvalue weighted by atomic mass is 10.2. The minimum Gasteiger partial charge on any atom is -0.376 e. The zero-order valence-corrected chi connectivity index (χ0v) is 12.6. The van der Waals surface area contributed by atoms with E-state index in [-0.39, 0.29) is 18.3 Å². The van der Waals surface area contributed by atoms with Crippen molar-refractivity contribution in [3.63, 3.8) is 0 Å². The maximum Gasteiger partial charge on any atom is 0.0784 e. The van der Waals surface area contributed by atoms with E-state index in [9.17, 15) is 0 Å². The molecule has 0 spiro atoms. The second-order valence-electron chi connectivity index (χ2n) is 5.04. The second kappa shape index (κ2) is 11.9. The van der Waals surface area contributed by atoms with Crippen molar-refractivity contribution in [2.75, 3.05) is 19.8 Å². The van der Waals surface area contributed by atoms with Gasteiger partial charge in [-0.2, -0.15) is 0 Å². The average Bonchev–Trinajstić information content (AvgIpc) is 2.27. The molecule has 0 saturated heterocycles. The van der Waals surface area contributed by atoms with Gasteiger partial charge in [-0.05, 0) is 34.1 Å². The molecule has 0 heterocycles. The van der Waals surface area contributed by atoms with Crippen LogP contribution in [0.3, 0.4) is 0 Å². The van der Waals surface area contributed by atoms with Gasteiger partial charge in [0, 0.05) is 6.61 Å². The number of unbranched alkanes of at least 4 members (excludes halogenated alkanes) is 3. The summed E-state index contributed by atoms with van der Waals surface area (Å²) in [5.74, 6) is 0. The van der Waals surface area contributed by atoms with Crippen molar-refractivity contribution < 1.29 is 14.2 Å². The molecular weight excluding hydrogens is 228 g/mol. The molecule has 0 aromatic rings. The van der Waals surface area contributed by atoms with E-state index in [0.717, 1.165) is 13.0 Å². The smallest absolute Gasteiger partial charge is 0.0784 e. The SMILES string of the molecule is [CH2]C(C)OC(C)COCC(C)OCCCCCC. The predicted molar refractivity (Wildman–Crippen MR) is 75.7 cm³/mol. The molecule has 3 unspecified atom stereocenters. The van der Waals surface area contributed by atoms with Crippen LogP contribution in [0.15, 0.2) is 0 Å². The van der Waals surface area contributed by atoms with Gasteiger partial charge >= 0.3 is 0 Å². The van der Waals surface area contributed by atoms with Crippen LogP contribution in [-0.2, 0) is 14.2 Å². The lowest BCUT2D eigenvalue weighted by Gasteiger charge is -2.18. The van der Waals surface area contributed by atoms with Crippen LogP contribution in [0.2, 0.25) is 0 Å². The fraction of sp³-hybridized carbons (Fsp3) is 0.933. The first-order valence-corrected chi connectivity index (χ1v) is 7.24. The first-order valence-electron chi connectivity index (χ1n) is 7.24. The van der Waals surface area contributed by atoms with Crippen molar-refractivity contribution in [3.8, 4) is 0 Å². The highest BCUT2D eigenvalue weighted by Gasteiger charge is 2.07. The molecule has 0 rings (SSSR count). The highest BCUT2D eigenvalue weighted by molar-refractivity contribution is 4.56. The Balaban J connectivity index is 3.33. The molecule has 0 aromatic heterocycles. The number of hydrogen-bond donors (Lipinski definition) is 0. The number of hydrogen-bond acceptors (Lipinski definition) is 3. The van der Waals surface area contributed by atoms with E-state index in [1.165, 1.54) is 19.3 Å². The largest absolute Gasteiger partial charge is 0.376 e. The zero-order chi connectivity index (χ0) is 13.8. The summed E-state index contributed by atoms with van der Waals surface area (Å²) in [6.45, 7) is 14.0. The summed E-state index contributed by atoms with van der Waals surface area (Å²) in [5.41, 5.74) is 0. The van der Waals surface area contributed by atoms with Crippen LogP contribution < -0.4 is 0 Å². The van der Waals surface area contributed by atoms with Crippen molar-refractivity contribution in [2.45, 2.75) is 71.7 Å². The molecule has 0 aliphatic rings. The summed E-state index contributed by atoms with van der Waals surface area (Å²) in [6, 6.07) is 0. The molecular formula is C15H31O3. The number of rotatable bonds is 12. The third-order valence-electron chi connectivity index (χ3n) is 2.57. The molecule has 0 aliphatic carbocycles. The van der Waals surface area contributed by atoms with Crippen LogP contribution in [0.25, 0.3) is 0 Å². The summed E-state index contributed by atoms with van der Waals surface area (Å²) >= 11 is 0. The van der Waals surface area contributed by atoms with E-state index in [1.807, 2.05) is 13.8 Å². The standard InChI is InChI=1S/C15H31O3/c1-6-7-8-9-10-17-14(4)11-16-12-15(5)18-13(2)3/h13-15H,2,6-12H2,1,3-5H3. The Labute approximate surface area is 113 Å². The topological polar surface area (TPSA) is 27.7 Å². The van der Waals surface area contributed by atoms with E-state index in [1.54, 1.807) is 0 Å². The zero-order valence-electron chi connectivity index (χ0n) is 12.6. The van der Waals surface area contributed by atoms with E-state index in [2.05, 4.69) is 20.8 Å².